The molecule has 0 amide bonds. The molecule has 2 rings (SSSR count). The lowest BCUT2D eigenvalue weighted by Gasteiger charge is -1.98. The lowest BCUT2D eigenvalue weighted by Crippen LogP contribution is -1.90. The van der Waals surface area contributed by atoms with Gasteiger partial charge in [-0.2, -0.15) is 4.37 Å². The Hall–Kier alpha value is -1.62. The molecule has 13 heavy (non-hydrogen) atoms. The topological polar surface area (TPSA) is 77.8 Å². The van der Waals surface area contributed by atoms with Crippen LogP contribution in [0.1, 0.15) is 0 Å². The molecule has 4 nitrogen and oxygen atoms in total. The molecule has 4 N–H and O–H groups in total. The zero-order valence-electron chi connectivity index (χ0n) is 6.77. The first-order valence-electron chi connectivity index (χ1n) is 3.70. The van der Waals surface area contributed by atoms with Gasteiger partial charge in [0.05, 0.1) is 5.56 Å². The van der Waals surface area contributed by atoms with Crippen molar-refractivity contribution in [3.8, 4) is 11.1 Å². The second-order valence-corrected chi connectivity index (χ2v) is 3.35. The Kier molecular flexibility index (Phi) is 1.86. The van der Waals surface area contributed by atoms with E-state index in [0.717, 1.165) is 11.1 Å². The third-order valence-corrected chi connectivity index (χ3v) is 2.40. The van der Waals surface area contributed by atoms with Crippen LogP contribution < -0.4 is 11.5 Å². The van der Waals surface area contributed by atoms with E-state index >= 15 is 0 Å². The van der Waals surface area contributed by atoms with Crippen LogP contribution in [0.4, 0.5) is 10.8 Å². The van der Waals surface area contributed by atoms with Gasteiger partial charge < -0.3 is 11.5 Å². The van der Waals surface area contributed by atoms with Crippen LogP contribution in [0.5, 0.6) is 0 Å². The number of rotatable bonds is 1. The molecule has 5 heteroatoms. The Balaban J connectivity index is 2.59. The molecule has 0 unspecified atom stereocenters. The Morgan fingerprint density at radius 3 is 2.38 bits per heavy atom. The van der Waals surface area contributed by atoms with Gasteiger partial charge in [0.15, 0.2) is 0 Å². The Labute approximate surface area is 79.4 Å². The van der Waals surface area contributed by atoms with Gasteiger partial charge in [0.25, 0.3) is 0 Å². The maximum atomic E-state index is 5.73. The summed E-state index contributed by atoms with van der Waals surface area (Å²) in [6.07, 6.45) is 3.40. The van der Waals surface area contributed by atoms with Gasteiger partial charge in [-0.1, -0.05) is 0 Å². The summed E-state index contributed by atoms with van der Waals surface area (Å²) in [6, 6.07) is 3.72. The number of aromatic nitrogens is 2. The molecule has 0 aliphatic heterocycles. The zero-order valence-corrected chi connectivity index (χ0v) is 7.58. The summed E-state index contributed by atoms with van der Waals surface area (Å²) in [5.74, 6) is 0.480. The molecule has 0 saturated heterocycles. The Morgan fingerprint density at radius 1 is 1.15 bits per heavy atom. The number of hydrogen-bond donors (Lipinski definition) is 2. The molecule has 0 aromatic carbocycles. The monoisotopic (exact) mass is 192 g/mol. The van der Waals surface area contributed by atoms with Crippen molar-refractivity contribution in [3.05, 3.63) is 24.5 Å². The van der Waals surface area contributed by atoms with Crippen LogP contribution in [-0.2, 0) is 0 Å². The SMILES string of the molecule is Nc1nsc(N)c1-c1ccncc1. The van der Waals surface area contributed by atoms with Crippen molar-refractivity contribution < 1.29 is 0 Å². The average molecular weight is 192 g/mol. The number of nitrogens with two attached hydrogens (primary N) is 2. The molecular weight excluding hydrogens is 184 g/mol. The Bertz CT molecular complexity index is 390. The maximum absolute atomic E-state index is 5.73. The van der Waals surface area contributed by atoms with Crippen LogP contribution in [-0.4, -0.2) is 9.36 Å². The largest absolute Gasteiger partial charge is 0.389 e. The lowest BCUT2D eigenvalue weighted by molar-refractivity contribution is 1.33. The molecule has 0 atom stereocenters. The predicted octanol–water partition coefficient (Wildman–Crippen LogP) is 1.37. The summed E-state index contributed by atoms with van der Waals surface area (Å²) in [6.45, 7) is 0. The standard InChI is InChI=1S/C8H8N4S/c9-7-6(8(10)13-12-7)5-1-3-11-4-2-5/h1-4H,10H2,(H2,9,12). The number of pyridine rings is 1. The van der Waals surface area contributed by atoms with Crippen molar-refractivity contribution in [1.82, 2.24) is 9.36 Å². The molecule has 66 valence electrons. The van der Waals surface area contributed by atoms with Crippen molar-refractivity contribution in [2.45, 2.75) is 0 Å². The molecule has 0 bridgehead atoms. The zero-order chi connectivity index (χ0) is 9.26. The first-order valence-corrected chi connectivity index (χ1v) is 4.47. The molecule has 2 aromatic heterocycles. The summed E-state index contributed by atoms with van der Waals surface area (Å²) >= 11 is 1.21. The maximum Gasteiger partial charge on any atom is 0.147 e. The molecule has 0 fully saturated rings. The van der Waals surface area contributed by atoms with Gasteiger partial charge in [0.2, 0.25) is 0 Å². The highest BCUT2D eigenvalue weighted by atomic mass is 32.1. The Morgan fingerprint density at radius 2 is 1.85 bits per heavy atom. The summed E-state index contributed by atoms with van der Waals surface area (Å²) < 4.78 is 3.97. The number of hydrogen-bond acceptors (Lipinski definition) is 5. The van der Waals surface area contributed by atoms with Gasteiger partial charge in [0, 0.05) is 12.4 Å². The number of nitrogen functional groups attached to an aromatic ring is 2. The highest BCUT2D eigenvalue weighted by molar-refractivity contribution is 7.11. The van der Waals surface area contributed by atoms with Gasteiger partial charge in [0.1, 0.15) is 10.8 Å². The fourth-order valence-electron chi connectivity index (χ4n) is 1.12. The molecule has 0 spiro atoms. The van der Waals surface area contributed by atoms with Gasteiger partial charge in [-0.15, -0.1) is 0 Å². The van der Waals surface area contributed by atoms with Crippen LogP contribution in [0.2, 0.25) is 0 Å². The van der Waals surface area contributed by atoms with E-state index in [9.17, 15) is 0 Å². The smallest absolute Gasteiger partial charge is 0.147 e. The van der Waals surface area contributed by atoms with E-state index in [0.29, 0.717) is 10.8 Å². The minimum atomic E-state index is 0.480. The molecular formula is C8H8N4S. The van der Waals surface area contributed by atoms with Crippen molar-refractivity contribution in [2.24, 2.45) is 0 Å². The fraction of sp³-hybridized carbons (Fsp3) is 0. The molecule has 2 aromatic rings. The molecule has 0 saturated carbocycles. The summed E-state index contributed by atoms with van der Waals surface area (Å²) in [5.41, 5.74) is 13.2. The number of nitrogens with zero attached hydrogens (tertiary/aromatic N) is 2. The second-order valence-electron chi connectivity index (χ2n) is 2.54. The summed E-state index contributed by atoms with van der Waals surface area (Å²) in [5, 5.41) is 0.642. The van der Waals surface area contributed by atoms with Crippen molar-refractivity contribution >= 4 is 22.4 Å². The van der Waals surface area contributed by atoms with Crippen LogP contribution >= 0.6 is 11.5 Å². The molecule has 0 aliphatic rings. The van der Waals surface area contributed by atoms with Gasteiger partial charge >= 0.3 is 0 Å². The van der Waals surface area contributed by atoms with E-state index in [1.807, 2.05) is 12.1 Å². The van der Waals surface area contributed by atoms with Gasteiger partial charge in [-0.3, -0.25) is 4.98 Å². The van der Waals surface area contributed by atoms with E-state index in [1.54, 1.807) is 12.4 Å². The van der Waals surface area contributed by atoms with E-state index in [2.05, 4.69) is 9.36 Å². The van der Waals surface area contributed by atoms with Crippen LogP contribution in [0.15, 0.2) is 24.5 Å². The lowest BCUT2D eigenvalue weighted by atomic mass is 10.1. The van der Waals surface area contributed by atoms with Gasteiger partial charge in [-0.25, -0.2) is 0 Å². The quantitative estimate of drug-likeness (QED) is 0.715. The third-order valence-electron chi connectivity index (χ3n) is 1.71. The summed E-state index contributed by atoms with van der Waals surface area (Å²) in [7, 11) is 0. The summed E-state index contributed by atoms with van der Waals surface area (Å²) in [4.78, 5) is 3.92. The van der Waals surface area contributed by atoms with Crippen LogP contribution in [0.25, 0.3) is 11.1 Å². The molecule has 0 aliphatic carbocycles. The third kappa shape index (κ3) is 1.33. The van der Waals surface area contributed by atoms with Crippen molar-refractivity contribution in [1.29, 1.82) is 0 Å². The van der Waals surface area contributed by atoms with Crippen LogP contribution in [0, 0.1) is 0 Å². The van der Waals surface area contributed by atoms with E-state index in [4.69, 9.17) is 11.5 Å². The van der Waals surface area contributed by atoms with E-state index in [-0.39, 0.29) is 0 Å². The number of anilines is 2. The molecule has 2 heterocycles. The molecule has 0 radical (unpaired) electrons. The van der Waals surface area contributed by atoms with Crippen LogP contribution in [0.3, 0.4) is 0 Å². The van der Waals surface area contributed by atoms with Crippen molar-refractivity contribution in [3.63, 3.8) is 0 Å². The normalized spacial score (nSPS) is 10.2. The average Bonchev–Trinajstić information content (AvgIpc) is 2.48. The highest BCUT2D eigenvalue weighted by Crippen LogP contribution is 2.33. The predicted molar refractivity (Wildman–Crippen MR) is 54.2 cm³/mol. The highest BCUT2D eigenvalue weighted by Gasteiger charge is 2.09. The van der Waals surface area contributed by atoms with E-state index in [1.165, 1.54) is 11.5 Å². The fourth-order valence-corrected chi connectivity index (χ4v) is 1.73. The first-order chi connectivity index (χ1) is 6.29. The van der Waals surface area contributed by atoms with Crippen molar-refractivity contribution in [2.75, 3.05) is 11.5 Å². The minimum absolute atomic E-state index is 0.480. The van der Waals surface area contributed by atoms with Gasteiger partial charge in [-0.05, 0) is 29.2 Å². The minimum Gasteiger partial charge on any atom is -0.389 e. The first kappa shape index (κ1) is 8.00. The second kappa shape index (κ2) is 3.02. The van der Waals surface area contributed by atoms with E-state index < -0.39 is 0 Å².